The van der Waals surface area contributed by atoms with Crippen LogP contribution in [0.15, 0.2) is 5.16 Å². The maximum atomic E-state index is 12.0. The summed E-state index contributed by atoms with van der Waals surface area (Å²) in [5, 5.41) is 10.8. The number of hydrogen-bond acceptors (Lipinski definition) is 7. The lowest BCUT2D eigenvalue weighted by Gasteiger charge is -2.17. The second-order valence-corrected chi connectivity index (χ2v) is 10.2. The van der Waals surface area contributed by atoms with Gasteiger partial charge in [-0.15, -0.1) is 21.5 Å². The van der Waals surface area contributed by atoms with Crippen LogP contribution in [-0.4, -0.2) is 37.4 Å². The minimum Gasteiger partial charge on any atom is -0.462 e. The molecule has 0 unspecified atom stereocenters. The smallest absolute Gasteiger partial charge is 0.316 e. The summed E-state index contributed by atoms with van der Waals surface area (Å²) in [6.45, 7) is 10.3. The van der Waals surface area contributed by atoms with E-state index in [2.05, 4.69) is 31.0 Å². The number of nitrogens with zero attached hydrogens (tertiary/aromatic N) is 4. The predicted octanol–water partition coefficient (Wildman–Crippen LogP) is 4.63. The van der Waals surface area contributed by atoms with Crippen LogP contribution in [0.3, 0.4) is 0 Å². The number of hydrogen-bond donors (Lipinski definition) is 0. The minimum absolute atomic E-state index is 0.115. The summed E-state index contributed by atoms with van der Waals surface area (Å²) < 4.78 is 7.30. The molecular weight excluding hydrogens is 392 g/mol. The third kappa shape index (κ3) is 3.52. The average Bonchev–Trinajstić information content (AvgIpc) is 3.18. The van der Waals surface area contributed by atoms with E-state index in [9.17, 15) is 4.79 Å². The van der Waals surface area contributed by atoms with E-state index in [1.807, 2.05) is 29.6 Å². The number of thioether (sulfide) groups is 1. The van der Waals surface area contributed by atoms with Crippen molar-refractivity contribution in [3.05, 3.63) is 16.3 Å². The fraction of sp³-hybridized carbons (Fsp3) is 0.600. The summed E-state index contributed by atoms with van der Waals surface area (Å²) in [6, 6.07) is 0. The largest absolute Gasteiger partial charge is 0.462 e. The molecule has 1 aliphatic carbocycles. The Morgan fingerprint density at radius 3 is 2.82 bits per heavy atom. The molecule has 3 aromatic rings. The highest BCUT2D eigenvalue weighted by Crippen LogP contribution is 2.40. The van der Waals surface area contributed by atoms with E-state index in [1.54, 1.807) is 0 Å². The van der Waals surface area contributed by atoms with Gasteiger partial charge in [0.2, 0.25) is 0 Å². The number of carbonyl (C=O) groups is 1. The average molecular weight is 419 g/mol. The van der Waals surface area contributed by atoms with E-state index < -0.39 is 0 Å². The standard InChI is InChI=1S/C20H26N4O2S2/c1-10(2)17-21-19-16(13-7-6-12(5)8-14(13)28-19)18-22-23-20(24(17)18)27-9-15(25)26-11(3)4/h10-12H,6-9H2,1-5H3/t12-/m1/s1. The number of aromatic nitrogens is 4. The van der Waals surface area contributed by atoms with E-state index in [0.29, 0.717) is 5.16 Å². The molecule has 0 saturated carbocycles. The number of ether oxygens (including phenoxy) is 1. The van der Waals surface area contributed by atoms with Crippen molar-refractivity contribution in [2.75, 3.05) is 5.75 Å². The van der Waals surface area contributed by atoms with Crippen LogP contribution < -0.4 is 0 Å². The lowest BCUT2D eigenvalue weighted by Crippen LogP contribution is -2.13. The first-order valence-corrected chi connectivity index (χ1v) is 11.7. The quantitative estimate of drug-likeness (QED) is 0.444. The van der Waals surface area contributed by atoms with Crippen molar-refractivity contribution in [2.45, 2.75) is 71.1 Å². The lowest BCUT2D eigenvalue weighted by molar-refractivity contribution is -0.144. The van der Waals surface area contributed by atoms with Crippen molar-refractivity contribution in [3.8, 4) is 0 Å². The minimum atomic E-state index is -0.237. The first-order valence-electron chi connectivity index (χ1n) is 9.86. The van der Waals surface area contributed by atoms with Gasteiger partial charge in [-0.1, -0.05) is 32.5 Å². The number of aryl methyl sites for hydroxylation is 1. The van der Waals surface area contributed by atoms with Crippen LogP contribution in [0.2, 0.25) is 0 Å². The fourth-order valence-corrected chi connectivity index (χ4v) is 5.85. The SMILES string of the molecule is CC(C)OC(=O)CSc1nnc2c3c4c(sc3nc(C(C)C)n12)C[C@H](C)CC4. The molecular formula is C20H26N4O2S2. The van der Waals surface area contributed by atoms with E-state index in [-0.39, 0.29) is 23.7 Å². The third-order valence-corrected chi connectivity index (χ3v) is 7.05. The van der Waals surface area contributed by atoms with E-state index in [1.165, 1.54) is 28.6 Å². The topological polar surface area (TPSA) is 69.4 Å². The van der Waals surface area contributed by atoms with E-state index in [0.717, 1.165) is 40.4 Å². The summed E-state index contributed by atoms with van der Waals surface area (Å²) in [6.07, 6.45) is 3.28. The zero-order valence-electron chi connectivity index (χ0n) is 17.0. The Labute approximate surface area is 173 Å². The summed E-state index contributed by atoms with van der Waals surface area (Å²) in [5.74, 6) is 1.87. The van der Waals surface area contributed by atoms with Crippen molar-refractivity contribution in [1.29, 1.82) is 0 Å². The molecule has 150 valence electrons. The number of thiophene rings is 1. The molecule has 8 heteroatoms. The molecule has 6 nitrogen and oxygen atoms in total. The van der Waals surface area contributed by atoms with Crippen molar-refractivity contribution < 1.29 is 9.53 Å². The first-order chi connectivity index (χ1) is 13.3. The number of carbonyl (C=O) groups excluding carboxylic acids is 1. The van der Waals surface area contributed by atoms with Crippen LogP contribution in [0.25, 0.3) is 15.9 Å². The van der Waals surface area contributed by atoms with Gasteiger partial charge >= 0.3 is 5.97 Å². The fourth-order valence-electron chi connectivity index (χ4n) is 3.74. The maximum Gasteiger partial charge on any atom is 0.316 e. The Bertz CT molecular complexity index is 1040. The van der Waals surface area contributed by atoms with Crippen molar-refractivity contribution >= 4 is 44.9 Å². The Morgan fingerprint density at radius 2 is 2.11 bits per heavy atom. The molecule has 0 bridgehead atoms. The van der Waals surface area contributed by atoms with E-state index in [4.69, 9.17) is 9.72 Å². The first kappa shape index (κ1) is 19.6. The molecule has 0 aliphatic heterocycles. The van der Waals surface area contributed by atoms with Crippen LogP contribution in [-0.2, 0) is 22.4 Å². The maximum absolute atomic E-state index is 12.0. The second kappa shape index (κ2) is 7.63. The molecule has 3 aromatic heterocycles. The van der Waals surface area contributed by atoms with Crippen LogP contribution in [0, 0.1) is 5.92 Å². The summed E-state index contributed by atoms with van der Waals surface area (Å²) in [7, 11) is 0. The highest BCUT2D eigenvalue weighted by Gasteiger charge is 2.26. The van der Waals surface area contributed by atoms with Gasteiger partial charge in [0.05, 0.1) is 17.2 Å². The monoisotopic (exact) mass is 418 g/mol. The molecule has 0 radical (unpaired) electrons. The van der Waals surface area contributed by atoms with Crippen LogP contribution in [0.4, 0.5) is 0 Å². The lowest BCUT2D eigenvalue weighted by atomic mass is 9.89. The molecule has 28 heavy (non-hydrogen) atoms. The Kier molecular flexibility index (Phi) is 5.35. The van der Waals surface area contributed by atoms with Crippen LogP contribution in [0.1, 0.15) is 63.2 Å². The summed E-state index contributed by atoms with van der Waals surface area (Å²) in [5.41, 5.74) is 2.27. The Morgan fingerprint density at radius 1 is 1.32 bits per heavy atom. The molecule has 0 fully saturated rings. The van der Waals surface area contributed by atoms with Gasteiger partial charge in [0, 0.05) is 10.8 Å². The number of rotatable bonds is 5. The van der Waals surface area contributed by atoms with Gasteiger partial charge < -0.3 is 4.74 Å². The molecule has 0 N–H and O–H groups in total. The van der Waals surface area contributed by atoms with Gasteiger partial charge in [-0.25, -0.2) is 4.98 Å². The molecule has 0 aromatic carbocycles. The van der Waals surface area contributed by atoms with Crippen molar-refractivity contribution in [2.24, 2.45) is 5.92 Å². The van der Waals surface area contributed by atoms with Gasteiger partial charge in [-0.05, 0) is 44.6 Å². The number of fused-ring (bicyclic) bond motifs is 5. The molecule has 3 heterocycles. The zero-order chi connectivity index (χ0) is 20.0. The molecule has 1 aliphatic rings. The van der Waals surface area contributed by atoms with Gasteiger partial charge in [0.25, 0.3) is 0 Å². The molecule has 0 amide bonds. The number of esters is 1. The van der Waals surface area contributed by atoms with Gasteiger partial charge in [-0.2, -0.15) is 0 Å². The highest BCUT2D eigenvalue weighted by molar-refractivity contribution is 7.99. The third-order valence-electron chi connectivity index (χ3n) is 5.00. The summed E-state index contributed by atoms with van der Waals surface area (Å²) >= 11 is 3.18. The van der Waals surface area contributed by atoms with Gasteiger partial charge in [-0.3, -0.25) is 9.20 Å². The second-order valence-electron chi connectivity index (χ2n) is 8.13. The van der Waals surface area contributed by atoms with Crippen LogP contribution in [0.5, 0.6) is 0 Å². The van der Waals surface area contributed by atoms with Gasteiger partial charge in [0.15, 0.2) is 10.8 Å². The van der Waals surface area contributed by atoms with Crippen LogP contribution >= 0.6 is 23.1 Å². The van der Waals surface area contributed by atoms with E-state index >= 15 is 0 Å². The molecule has 1 atom stereocenters. The van der Waals surface area contributed by atoms with Crippen molar-refractivity contribution in [3.63, 3.8) is 0 Å². The highest BCUT2D eigenvalue weighted by atomic mass is 32.2. The predicted molar refractivity (Wildman–Crippen MR) is 113 cm³/mol. The Balaban J connectivity index is 1.80. The zero-order valence-corrected chi connectivity index (χ0v) is 18.6. The summed E-state index contributed by atoms with van der Waals surface area (Å²) in [4.78, 5) is 19.5. The van der Waals surface area contributed by atoms with Gasteiger partial charge in [0.1, 0.15) is 10.7 Å². The molecule has 4 rings (SSSR count). The molecule has 0 spiro atoms. The normalized spacial score (nSPS) is 17.0. The Hall–Kier alpha value is -1.67. The van der Waals surface area contributed by atoms with Crippen molar-refractivity contribution in [1.82, 2.24) is 19.6 Å². The molecule has 0 saturated heterocycles.